The summed E-state index contributed by atoms with van der Waals surface area (Å²) in [7, 11) is 2.16. The van der Waals surface area contributed by atoms with Crippen LogP contribution in [0.3, 0.4) is 0 Å². The molecule has 1 saturated carbocycles. The van der Waals surface area contributed by atoms with E-state index in [-0.39, 0.29) is 0 Å². The van der Waals surface area contributed by atoms with Crippen LogP contribution in [0, 0.1) is 17.2 Å². The zero-order valence-electron chi connectivity index (χ0n) is 9.32. The molecule has 4 heteroatoms. The van der Waals surface area contributed by atoms with Crippen LogP contribution in [-0.4, -0.2) is 13.1 Å². The normalized spacial score (nSPS) is 25.1. The van der Waals surface area contributed by atoms with Gasteiger partial charge in [-0.15, -0.1) is 11.3 Å². The summed E-state index contributed by atoms with van der Waals surface area (Å²) in [4.78, 5) is 2.36. The van der Waals surface area contributed by atoms with E-state index in [1.807, 2.05) is 0 Å². The van der Waals surface area contributed by atoms with Gasteiger partial charge in [-0.1, -0.05) is 0 Å². The Hall–Kier alpha value is -0.530. The molecule has 86 valence electrons. The minimum atomic E-state index is 0.291. The minimum Gasteiger partial charge on any atom is -0.363 e. The van der Waals surface area contributed by atoms with Crippen LogP contribution in [0.15, 0.2) is 15.9 Å². The van der Waals surface area contributed by atoms with Crippen molar-refractivity contribution >= 4 is 32.3 Å². The third-order valence-electron chi connectivity index (χ3n) is 3.33. The SMILES string of the molecule is CN(c1ccc(Br)s1)C1CCC(C#N)CC1. The van der Waals surface area contributed by atoms with Crippen LogP contribution in [0.25, 0.3) is 0 Å². The lowest BCUT2D eigenvalue weighted by Gasteiger charge is -2.33. The fourth-order valence-electron chi connectivity index (χ4n) is 2.27. The Morgan fingerprint density at radius 3 is 2.56 bits per heavy atom. The van der Waals surface area contributed by atoms with Crippen molar-refractivity contribution in [2.45, 2.75) is 31.7 Å². The van der Waals surface area contributed by atoms with Gasteiger partial charge in [0, 0.05) is 19.0 Å². The van der Waals surface area contributed by atoms with Crippen molar-refractivity contribution < 1.29 is 0 Å². The van der Waals surface area contributed by atoms with Gasteiger partial charge in [0.15, 0.2) is 0 Å². The van der Waals surface area contributed by atoms with E-state index in [1.165, 1.54) is 8.79 Å². The molecule has 1 aliphatic rings. The summed E-state index contributed by atoms with van der Waals surface area (Å²) in [6.45, 7) is 0. The van der Waals surface area contributed by atoms with Crippen LogP contribution >= 0.6 is 27.3 Å². The van der Waals surface area contributed by atoms with E-state index >= 15 is 0 Å². The largest absolute Gasteiger partial charge is 0.363 e. The van der Waals surface area contributed by atoms with Gasteiger partial charge in [0.05, 0.1) is 14.9 Å². The highest BCUT2D eigenvalue weighted by Crippen LogP contribution is 2.34. The summed E-state index contributed by atoms with van der Waals surface area (Å²) in [5.41, 5.74) is 0. The third-order valence-corrected chi connectivity index (χ3v) is 5.05. The van der Waals surface area contributed by atoms with Gasteiger partial charge in [-0.25, -0.2) is 0 Å². The van der Waals surface area contributed by atoms with Crippen molar-refractivity contribution in [2.24, 2.45) is 5.92 Å². The van der Waals surface area contributed by atoms with Gasteiger partial charge in [0.25, 0.3) is 0 Å². The second-order valence-corrected chi connectivity index (χ2v) is 6.76. The lowest BCUT2D eigenvalue weighted by Crippen LogP contribution is -2.34. The molecule has 0 atom stereocenters. The van der Waals surface area contributed by atoms with E-state index in [2.05, 4.69) is 46.1 Å². The van der Waals surface area contributed by atoms with Gasteiger partial charge in [0.1, 0.15) is 0 Å². The van der Waals surface area contributed by atoms with Crippen molar-refractivity contribution in [3.63, 3.8) is 0 Å². The number of thiophene rings is 1. The van der Waals surface area contributed by atoms with Crippen LogP contribution in [0.2, 0.25) is 0 Å². The van der Waals surface area contributed by atoms with Gasteiger partial charge in [-0.2, -0.15) is 5.26 Å². The summed E-state index contributed by atoms with van der Waals surface area (Å²) in [6.07, 6.45) is 4.39. The molecule has 0 radical (unpaired) electrons. The Morgan fingerprint density at radius 2 is 2.06 bits per heavy atom. The first-order valence-electron chi connectivity index (χ1n) is 5.58. The van der Waals surface area contributed by atoms with E-state index in [9.17, 15) is 0 Å². The van der Waals surface area contributed by atoms with E-state index in [0.29, 0.717) is 12.0 Å². The monoisotopic (exact) mass is 298 g/mol. The summed E-state index contributed by atoms with van der Waals surface area (Å²) >= 11 is 5.27. The van der Waals surface area contributed by atoms with E-state index in [4.69, 9.17) is 5.26 Å². The van der Waals surface area contributed by atoms with E-state index in [1.54, 1.807) is 11.3 Å². The molecule has 0 bridgehead atoms. The third kappa shape index (κ3) is 2.58. The molecule has 16 heavy (non-hydrogen) atoms. The van der Waals surface area contributed by atoms with Gasteiger partial charge >= 0.3 is 0 Å². The Bertz CT molecular complexity index is 388. The predicted octanol–water partition coefficient (Wildman–Crippen LogP) is 4.03. The molecule has 0 aromatic carbocycles. The zero-order valence-corrected chi connectivity index (χ0v) is 11.7. The molecule has 1 heterocycles. The molecule has 2 rings (SSSR count). The highest BCUT2D eigenvalue weighted by atomic mass is 79.9. The lowest BCUT2D eigenvalue weighted by molar-refractivity contribution is 0.373. The van der Waals surface area contributed by atoms with Crippen molar-refractivity contribution in [1.82, 2.24) is 0 Å². The molecule has 0 amide bonds. The van der Waals surface area contributed by atoms with Gasteiger partial charge in [0.2, 0.25) is 0 Å². The fourth-order valence-corrected chi connectivity index (χ4v) is 3.66. The molecular weight excluding hydrogens is 284 g/mol. The van der Waals surface area contributed by atoms with Crippen molar-refractivity contribution in [3.05, 3.63) is 15.9 Å². The molecule has 0 spiro atoms. The molecule has 0 N–H and O–H groups in total. The number of hydrogen-bond acceptors (Lipinski definition) is 3. The number of anilines is 1. The first kappa shape index (κ1) is 11.9. The minimum absolute atomic E-state index is 0.291. The van der Waals surface area contributed by atoms with Crippen LogP contribution in [0.5, 0.6) is 0 Å². The molecule has 0 aliphatic heterocycles. The topological polar surface area (TPSA) is 27.0 Å². The van der Waals surface area contributed by atoms with Crippen LogP contribution in [0.1, 0.15) is 25.7 Å². The van der Waals surface area contributed by atoms with Gasteiger partial charge in [-0.05, 0) is 53.7 Å². The first-order valence-corrected chi connectivity index (χ1v) is 7.19. The maximum absolute atomic E-state index is 8.87. The summed E-state index contributed by atoms with van der Waals surface area (Å²) < 4.78 is 1.18. The van der Waals surface area contributed by atoms with Gasteiger partial charge < -0.3 is 4.90 Å². The maximum Gasteiger partial charge on any atom is 0.0920 e. The van der Waals surface area contributed by atoms with Crippen molar-refractivity contribution in [2.75, 3.05) is 11.9 Å². The molecule has 1 aliphatic carbocycles. The maximum atomic E-state index is 8.87. The molecule has 2 nitrogen and oxygen atoms in total. The lowest BCUT2D eigenvalue weighted by atomic mass is 9.86. The van der Waals surface area contributed by atoms with Crippen molar-refractivity contribution in [3.8, 4) is 6.07 Å². The van der Waals surface area contributed by atoms with Crippen LogP contribution < -0.4 is 4.90 Å². The predicted molar refractivity (Wildman–Crippen MR) is 71.8 cm³/mol. The number of nitriles is 1. The average Bonchev–Trinajstić information content (AvgIpc) is 2.75. The van der Waals surface area contributed by atoms with E-state index in [0.717, 1.165) is 25.7 Å². The number of nitrogens with zero attached hydrogens (tertiary/aromatic N) is 2. The highest BCUT2D eigenvalue weighted by molar-refractivity contribution is 9.11. The second kappa shape index (κ2) is 5.20. The van der Waals surface area contributed by atoms with Gasteiger partial charge in [-0.3, -0.25) is 0 Å². The first-order chi connectivity index (χ1) is 7.70. The molecule has 1 aromatic rings. The number of hydrogen-bond donors (Lipinski definition) is 0. The summed E-state index contributed by atoms with van der Waals surface area (Å²) in [5, 5.41) is 10.2. The Labute approximate surface area is 109 Å². The van der Waals surface area contributed by atoms with E-state index < -0.39 is 0 Å². The second-order valence-electron chi connectivity index (χ2n) is 4.32. The van der Waals surface area contributed by atoms with Crippen LogP contribution in [0.4, 0.5) is 5.00 Å². The Kier molecular flexibility index (Phi) is 3.88. The smallest absolute Gasteiger partial charge is 0.0920 e. The molecule has 1 aromatic heterocycles. The quantitative estimate of drug-likeness (QED) is 0.824. The molecule has 1 fully saturated rings. The molecule has 0 unspecified atom stereocenters. The zero-order chi connectivity index (χ0) is 11.5. The number of rotatable bonds is 2. The summed E-state index contributed by atoms with van der Waals surface area (Å²) in [5.74, 6) is 0.291. The molecule has 0 saturated heterocycles. The molecular formula is C12H15BrN2S. The van der Waals surface area contributed by atoms with Crippen molar-refractivity contribution in [1.29, 1.82) is 5.26 Å². The Morgan fingerprint density at radius 1 is 1.38 bits per heavy atom. The Balaban J connectivity index is 1.97. The highest BCUT2D eigenvalue weighted by Gasteiger charge is 2.24. The summed E-state index contributed by atoms with van der Waals surface area (Å²) in [6, 6.07) is 7.24. The number of halogens is 1. The standard InChI is InChI=1S/C12H15BrN2S/c1-15(12-7-6-11(13)16-12)10-4-2-9(8-14)3-5-10/h6-7,9-10H,2-5H2,1H3. The fraction of sp³-hybridized carbons (Fsp3) is 0.583. The van der Waals surface area contributed by atoms with Crippen LogP contribution in [-0.2, 0) is 0 Å². The average molecular weight is 299 g/mol.